The molecule has 0 saturated carbocycles. The molecule has 6 heteroatoms. The lowest BCUT2D eigenvalue weighted by molar-refractivity contribution is 0.417. The molecule has 2 aromatic rings. The van der Waals surface area contributed by atoms with Gasteiger partial charge in [-0.1, -0.05) is 0 Å². The van der Waals surface area contributed by atoms with Crippen molar-refractivity contribution in [3.63, 3.8) is 0 Å². The molecule has 0 radical (unpaired) electrons. The number of nitrogen functional groups attached to an aromatic ring is 1. The van der Waals surface area contributed by atoms with Crippen molar-refractivity contribution in [2.45, 2.75) is 0 Å². The minimum absolute atomic E-state index is 0.203. The van der Waals surface area contributed by atoms with Crippen LogP contribution >= 0.6 is 0 Å². The number of nitrogens with one attached hydrogen (secondary N) is 1. The first-order chi connectivity index (χ1) is 7.20. The van der Waals surface area contributed by atoms with Gasteiger partial charge in [-0.15, -0.1) is 5.10 Å². The number of aromatic amines is 1. The largest absolute Gasteiger partial charge is 0.495 e. The van der Waals surface area contributed by atoms with Gasteiger partial charge in [-0.2, -0.15) is 0 Å². The molecular weight excluding hydrogens is 198 g/mol. The first kappa shape index (κ1) is 9.32. The number of nitrogens with zero attached hydrogens (tertiary/aromatic N) is 1. The Labute approximate surface area is 84.7 Å². The van der Waals surface area contributed by atoms with Crippen molar-refractivity contribution in [3.05, 3.63) is 28.7 Å². The summed E-state index contributed by atoms with van der Waals surface area (Å²) in [7, 11) is 1.53. The zero-order chi connectivity index (χ0) is 10.8. The Bertz CT molecular complexity index is 529. The van der Waals surface area contributed by atoms with Gasteiger partial charge in [0.2, 0.25) is 5.89 Å². The van der Waals surface area contributed by atoms with E-state index in [9.17, 15) is 4.79 Å². The van der Waals surface area contributed by atoms with E-state index in [1.54, 1.807) is 18.2 Å². The average Bonchev–Trinajstić information content (AvgIpc) is 2.65. The molecule has 0 saturated heterocycles. The van der Waals surface area contributed by atoms with Crippen LogP contribution in [0.3, 0.4) is 0 Å². The second-order valence-corrected chi connectivity index (χ2v) is 2.88. The second-order valence-electron chi connectivity index (χ2n) is 2.88. The fourth-order valence-electron chi connectivity index (χ4n) is 1.22. The normalized spacial score (nSPS) is 10.2. The highest BCUT2D eigenvalue weighted by atomic mass is 16.5. The minimum atomic E-state index is -0.598. The Hall–Kier alpha value is -2.24. The van der Waals surface area contributed by atoms with E-state index in [1.807, 2.05) is 0 Å². The van der Waals surface area contributed by atoms with Crippen molar-refractivity contribution >= 4 is 5.69 Å². The third kappa shape index (κ3) is 1.69. The number of hydrogen-bond acceptors (Lipinski definition) is 5. The van der Waals surface area contributed by atoms with Crippen LogP contribution in [0.1, 0.15) is 0 Å². The standard InChI is InChI=1S/C9H9N3O3/c1-14-7-3-2-5(4-6(7)10)8-11-12-9(13)15-8/h2-4H,10H2,1H3,(H,12,13). The topological polar surface area (TPSA) is 94.1 Å². The molecule has 0 amide bonds. The second kappa shape index (κ2) is 3.49. The van der Waals surface area contributed by atoms with Gasteiger partial charge in [-0.05, 0) is 18.2 Å². The number of H-pyrrole nitrogens is 1. The van der Waals surface area contributed by atoms with Crippen LogP contribution in [0.25, 0.3) is 11.5 Å². The van der Waals surface area contributed by atoms with Gasteiger partial charge >= 0.3 is 5.76 Å². The van der Waals surface area contributed by atoms with Gasteiger partial charge in [-0.3, -0.25) is 0 Å². The first-order valence-corrected chi connectivity index (χ1v) is 4.20. The monoisotopic (exact) mass is 207 g/mol. The molecule has 0 spiro atoms. The average molecular weight is 207 g/mol. The molecule has 15 heavy (non-hydrogen) atoms. The van der Waals surface area contributed by atoms with Crippen LogP contribution in [0.4, 0.5) is 5.69 Å². The Morgan fingerprint density at radius 1 is 1.53 bits per heavy atom. The van der Waals surface area contributed by atoms with E-state index in [2.05, 4.69) is 10.2 Å². The maximum Gasteiger partial charge on any atom is 0.434 e. The molecule has 0 aliphatic carbocycles. The Morgan fingerprint density at radius 2 is 2.33 bits per heavy atom. The molecule has 0 aliphatic heterocycles. The van der Waals surface area contributed by atoms with Crippen LogP contribution in [0.15, 0.2) is 27.4 Å². The Morgan fingerprint density at radius 3 is 2.87 bits per heavy atom. The van der Waals surface area contributed by atoms with E-state index in [0.717, 1.165) is 0 Å². The summed E-state index contributed by atoms with van der Waals surface area (Å²) in [5.41, 5.74) is 6.77. The van der Waals surface area contributed by atoms with Crippen molar-refractivity contribution < 1.29 is 9.15 Å². The number of rotatable bonds is 2. The lowest BCUT2D eigenvalue weighted by atomic mass is 10.2. The quantitative estimate of drug-likeness (QED) is 0.704. The summed E-state index contributed by atoms with van der Waals surface area (Å²) < 4.78 is 9.77. The number of methoxy groups -OCH3 is 1. The van der Waals surface area contributed by atoms with Gasteiger partial charge in [0.05, 0.1) is 12.8 Å². The van der Waals surface area contributed by atoms with Gasteiger partial charge in [0.15, 0.2) is 0 Å². The molecule has 0 unspecified atom stereocenters. The van der Waals surface area contributed by atoms with Gasteiger partial charge in [0.25, 0.3) is 0 Å². The zero-order valence-electron chi connectivity index (χ0n) is 7.98. The molecule has 1 heterocycles. The summed E-state index contributed by atoms with van der Waals surface area (Å²) in [6.07, 6.45) is 0. The van der Waals surface area contributed by atoms with Crippen LogP contribution in [-0.2, 0) is 0 Å². The van der Waals surface area contributed by atoms with Crippen LogP contribution in [0.2, 0.25) is 0 Å². The maximum absolute atomic E-state index is 10.7. The molecule has 0 aliphatic rings. The van der Waals surface area contributed by atoms with Crippen LogP contribution in [-0.4, -0.2) is 17.3 Å². The lowest BCUT2D eigenvalue weighted by Gasteiger charge is -2.04. The Balaban J connectivity index is 2.46. The summed E-state index contributed by atoms with van der Waals surface area (Å²) in [4.78, 5) is 10.7. The van der Waals surface area contributed by atoms with Crippen LogP contribution in [0, 0.1) is 0 Å². The Kier molecular flexibility index (Phi) is 2.17. The van der Waals surface area contributed by atoms with E-state index >= 15 is 0 Å². The minimum Gasteiger partial charge on any atom is -0.495 e. The van der Waals surface area contributed by atoms with Crippen LogP contribution < -0.4 is 16.2 Å². The SMILES string of the molecule is COc1ccc(-c2n[nH]c(=O)o2)cc1N. The number of ether oxygens (including phenoxy) is 1. The van der Waals surface area contributed by atoms with Gasteiger partial charge in [0.1, 0.15) is 5.75 Å². The molecule has 1 aromatic carbocycles. The number of aromatic nitrogens is 2. The van der Waals surface area contributed by atoms with E-state index < -0.39 is 5.76 Å². The molecular formula is C9H9N3O3. The van der Waals surface area contributed by atoms with Crippen LogP contribution in [0.5, 0.6) is 5.75 Å². The molecule has 2 rings (SSSR count). The molecule has 0 atom stereocenters. The highest BCUT2D eigenvalue weighted by molar-refractivity contribution is 5.65. The highest BCUT2D eigenvalue weighted by Crippen LogP contribution is 2.26. The molecule has 0 fully saturated rings. The van der Waals surface area contributed by atoms with E-state index in [0.29, 0.717) is 17.0 Å². The molecule has 0 bridgehead atoms. The summed E-state index contributed by atoms with van der Waals surface area (Å²) in [6.45, 7) is 0. The third-order valence-electron chi connectivity index (χ3n) is 1.91. The lowest BCUT2D eigenvalue weighted by Crippen LogP contribution is -1.93. The predicted molar refractivity (Wildman–Crippen MR) is 53.5 cm³/mol. The van der Waals surface area contributed by atoms with Crippen molar-refractivity contribution in [2.24, 2.45) is 0 Å². The number of nitrogens with two attached hydrogens (primary N) is 1. The first-order valence-electron chi connectivity index (χ1n) is 4.20. The zero-order valence-corrected chi connectivity index (χ0v) is 7.98. The predicted octanol–water partition coefficient (Wildman–Crippen LogP) is 0.621. The number of anilines is 1. The van der Waals surface area contributed by atoms with Crippen molar-refractivity contribution in [1.29, 1.82) is 0 Å². The molecule has 1 aromatic heterocycles. The third-order valence-corrected chi connectivity index (χ3v) is 1.91. The van der Waals surface area contributed by atoms with E-state index in [-0.39, 0.29) is 5.89 Å². The highest BCUT2D eigenvalue weighted by Gasteiger charge is 2.07. The van der Waals surface area contributed by atoms with Crippen molar-refractivity contribution in [3.8, 4) is 17.2 Å². The molecule has 3 N–H and O–H groups in total. The van der Waals surface area contributed by atoms with Crippen molar-refractivity contribution in [2.75, 3.05) is 12.8 Å². The fourth-order valence-corrected chi connectivity index (χ4v) is 1.22. The summed E-state index contributed by atoms with van der Waals surface area (Å²) >= 11 is 0. The smallest absolute Gasteiger partial charge is 0.434 e. The van der Waals surface area contributed by atoms with Gasteiger partial charge in [-0.25, -0.2) is 9.89 Å². The summed E-state index contributed by atoms with van der Waals surface area (Å²) in [5.74, 6) is 0.172. The van der Waals surface area contributed by atoms with Gasteiger partial charge < -0.3 is 14.9 Å². The summed E-state index contributed by atoms with van der Waals surface area (Å²) in [6, 6.07) is 5.01. The number of benzene rings is 1. The van der Waals surface area contributed by atoms with E-state index in [1.165, 1.54) is 7.11 Å². The summed E-state index contributed by atoms with van der Waals surface area (Å²) in [5, 5.41) is 5.85. The molecule has 6 nitrogen and oxygen atoms in total. The van der Waals surface area contributed by atoms with Gasteiger partial charge in [0, 0.05) is 5.56 Å². The maximum atomic E-state index is 10.7. The number of hydrogen-bond donors (Lipinski definition) is 2. The molecule has 78 valence electrons. The fraction of sp³-hybridized carbons (Fsp3) is 0.111. The van der Waals surface area contributed by atoms with E-state index in [4.69, 9.17) is 14.9 Å². The van der Waals surface area contributed by atoms with Crippen molar-refractivity contribution in [1.82, 2.24) is 10.2 Å².